The Morgan fingerprint density at radius 1 is 1.25 bits per heavy atom. The molecular weight excluding hydrogens is 343 g/mol. The maximum Gasteiger partial charge on any atom is 0.416 e. The Kier molecular flexibility index (Phi) is 5.90. The Labute approximate surface area is 140 Å². The second-order valence-corrected chi connectivity index (χ2v) is 8.07. The Bertz CT molecular complexity index is 654. The Morgan fingerprint density at radius 3 is 2.42 bits per heavy atom. The summed E-state index contributed by atoms with van der Waals surface area (Å²) in [6, 6.07) is 5.17. The van der Waals surface area contributed by atoms with Crippen molar-refractivity contribution in [1.29, 1.82) is 0 Å². The third-order valence-corrected chi connectivity index (χ3v) is 5.64. The van der Waals surface area contributed by atoms with Gasteiger partial charge in [0.15, 0.2) is 0 Å². The van der Waals surface area contributed by atoms with Crippen molar-refractivity contribution in [2.24, 2.45) is 0 Å². The van der Waals surface area contributed by atoms with E-state index >= 15 is 0 Å². The molecule has 2 rings (SSSR count). The molecule has 0 atom stereocenters. The molecule has 136 valence electrons. The number of rotatable bonds is 5. The maximum atomic E-state index is 12.7. The van der Waals surface area contributed by atoms with E-state index in [2.05, 4.69) is 4.72 Å². The smallest absolute Gasteiger partial charge is 0.299 e. The van der Waals surface area contributed by atoms with Crippen LogP contribution in [0.4, 0.5) is 13.2 Å². The molecule has 0 saturated carbocycles. The molecule has 1 fully saturated rings. The topological polar surface area (TPSA) is 52.7 Å². The molecule has 1 aliphatic heterocycles. The van der Waals surface area contributed by atoms with Crippen molar-refractivity contribution in [2.45, 2.75) is 31.6 Å². The van der Waals surface area contributed by atoms with Crippen molar-refractivity contribution in [3.05, 3.63) is 35.4 Å². The van der Waals surface area contributed by atoms with Gasteiger partial charge in [0.1, 0.15) is 0 Å². The average Bonchev–Trinajstić information content (AvgIpc) is 2.48. The first-order valence-electron chi connectivity index (χ1n) is 7.66. The molecule has 0 bridgehead atoms. The lowest BCUT2D eigenvalue weighted by atomic mass is 10.0. The van der Waals surface area contributed by atoms with Crippen molar-refractivity contribution in [1.82, 2.24) is 13.9 Å². The summed E-state index contributed by atoms with van der Waals surface area (Å²) in [5.74, 6) is 0. The summed E-state index contributed by atoms with van der Waals surface area (Å²) in [5.41, 5.74) is -0.0363. The van der Waals surface area contributed by atoms with Crippen LogP contribution in [0.15, 0.2) is 24.3 Å². The van der Waals surface area contributed by atoms with Gasteiger partial charge in [-0.05, 0) is 24.5 Å². The van der Waals surface area contributed by atoms with E-state index in [0.717, 1.165) is 10.4 Å². The largest absolute Gasteiger partial charge is 0.416 e. The molecule has 0 amide bonds. The van der Waals surface area contributed by atoms with E-state index in [-0.39, 0.29) is 6.04 Å². The van der Waals surface area contributed by atoms with E-state index in [4.69, 9.17) is 0 Å². The fraction of sp³-hybridized carbons (Fsp3) is 0.600. The normalized spacial score (nSPS) is 18.2. The van der Waals surface area contributed by atoms with Gasteiger partial charge in [-0.2, -0.15) is 30.6 Å². The fourth-order valence-electron chi connectivity index (χ4n) is 2.63. The lowest BCUT2D eigenvalue weighted by Gasteiger charge is -2.32. The molecule has 1 heterocycles. The predicted octanol–water partition coefficient (Wildman–Crippen LogP) is 2.07. The van der Waals surface area contributed by atoms with Crippen molar-refractivity contribution < 1.29 is 21.6 Å². The van der Waals surface area contributed by atoms with Gasteiger partial charge < -0.3 is 0 Å². The van der Waals surface area contributed by atoms with E-state index in [9.17, 15) is 21.6 Å². The van der Waals surface area contributed by atoms with Gasteiger partial charge in [-0.3, -0.25) is 4.90 Å². The summed E-state index contributed by atoms with van der Waals surface area (Å²) >= 11 is 0. The van der Waals surface area contributed by atoms with Crippen LogP contribution >= 0.6 is 0 Å². The Balaban J connectivity index is 1.90. The second-order valence-electron chi connectivity index (χ2n) is 6.15. The van der Waals surface area contributed by atoms with E-state index in [1.807, 2.05) is 4.90 Å². The average molecular weight is 365 g/mol. The molecule has 1 aromatic carbocycles. The molecule has 0 radical (unpaired) electrons. The SMILES string of the molecule is CN(C)S(=O)(=O)NC1CCN(Cc2cccc(C(F)(F)F)c2)CC1. The number of hydrogen-bond acceptors (Lipinski definition) is 3. The number of hydrogen-bond donors (Lipinski definition) is 1. The number of alkyl halides is 3. The Morgan fingerprint density at radius 2 is 1.88 bits per heavy atom. The first kappa shape index (κ1) is 19.2. The zero-order valence-corrected chi connectivity index (χ0v) is 14.5. The second kappa shape index (κ2) is 7.38. The summed E-state index contributed by atoms with van der Waals surface area (Å²) in [6.07, 6.45) is -3.08. The molecule has 0 aliphatic carbocycles. The molecule has 1 saturated heterocycles. The van der Waals surface area contributed by atoms with Crippen molar-refractivity contribution in [3.8, 4) is 0 Å². The summed E-state index contributed by atoms with van der Waals surface area (Å²) in [4.78, 5) is 2.04. The number of benzene rings is 1. The van der Waals surface area contributed by atoms with Crippen LogP contribution in [-0.2, 0) is 22.9 Å². The van der Waals surface area contributed by atoms with E-state index < -0.39 is 21.9 Å². The summed E-state index contributed by atoms with van der Waals surface area (Å²) in [6.45, 7) is 1.70. The molecule has 9 heteroatoms. The van der Waals surface area contributed by atoms with Gasteiger partial charge in [0.25, 0.3) is 10.2 Å². The summed E-state index contributed by atoms with van der Waals surface area (Å²) in [7, 11) is -0.530. The molecule has 1 aromatic rings. The van der Waals surface area contributed by atoms with Crippen LogP contribution in [0.5, 0.6) is 0 Å². The Hall–Kier alpha value is -1.16. The van der Waals surface area contributed by atoms with Crippen LogP contribution < -0.4 is 4.72 Å². The van der Waals surface area contributed by atoms with Crippen LogP contribution in [0.25, 0.3) is 0 Å². The van der Waals surface area contributed by atoms with Gasteiger partial charge in [-0.25, -0.2) is 0 Å². The van der Waals surface area contributed by atoms with Gasteiger partial charge in [-0.1, -0.05) is 18.2 Å². The van der Waals surface area contributed by atoms with Gasteiger partial charge in [-0.15, -0.1) is 0 Å². The number of nitrogens with one attached hydrogen (secondary N) is 1. The molecule has 0 unspecified atom stereocenters. The van der Waals surface area contributed by atoms with Gasteiger partial charge >= 0.3 is 6.18 Å². The van der Waals surface area contributed by atoms with E-state index in [0.29, 0.717) is 38.0 Å². The quantitative estimate of drug-likeness (QED) is 0.869. The zero-order valence-electron chi connectivity index (χ0n) is 13.7. The lowest BCUT2D eigenvalue weighted by molar-refractivity contribution is -0.137. The first-order chi connectivity index (χ1) is 11.1. The fourth-order valence-corrected chi connectivity index (χ4v) is 3.50. The number of piperidine rings is 1. The van der Waals surface area contributed by atoms with Crippen LogP contribution in [0.3, 0.4) is 0 Å². The number of nitrogens with zero attached hydrogens (tertiary/aromatic N) is 2. The lowest BCUT2D eigenvalue weighted by Crippen LogP contribution is -2.47. The minimum Gasteiger partial charge on any atom is -0.299 e. The monoisotopic (exact) mass is 365 g/mol. The van der Waals surface area contributed by atoms with E-state index in [1.165, 1.54) is 26.2 Å². The summed E-state index contributed by atoms with van der Waals surface area (Å²) < 4.78 is 65.6. The summed E-state index contributed by atoms with van der Waals surface area (Å²) in [5, 5.41) is 0. The van der Waals surface area contributed by atoms with Crippen molar-refractivity contribution in [2.75, 3.05) is 27.2 Å². The highest BCUT2D eigenvalue weighted by atomic mass is 32.2. The number of likely N-dealkylation sites (tertiary alicyclic amines) is 1. The van der Waals surface area contributed by atoms with Crippen LogP contribution in [0.2, 0.25) is 0 Å². The molecule has 0 spiro atoms. The van der Waals surface area contributed by atoms with E-state index in [1.54, 1.807) is 6.07 Å². The third kappa shape index (κ3) is 5.17. The molecule has 0 aromatic heterocycles. The third-order valence-electron chi connectivity index (χ3n) is 4.04. The van der Waals surface area contributed by atoms with Crippen molar-refractivity contribution >= 4 is 10.2 Å². The number of halogens is 3. The minimum atomic E-state index is -4.34. The highest BCUT2D eigenvalue weighted by molar-refractivity contribution is 7.87. The van der Waals surface area contributed by atoms with Crippen LogP contribution in [0.1, 0.15) is 24.0 Å². The molecule has 1 aliphatic rings. The first-order valence-corrected chi connectivity index (χ1v) is 9.10. The maximum absolute atomic E-state index is 12.7. The van der Waals surface area contributed by atoms with Crippen LogP contribution in [-0.4, -0.2) is 50.8 Å². The zero-order chi connectivity index (χ0) is 18.0. The highest BCUT2D eigenvalue weighted by Crippen LogP contribution is 2.30. The van der Waals surface area contributed by atoms with Gasteiger partial charge in [0.05, 0.1) is 5.56 Å². The molecule has 24 heavy (non-hydrogen) atoms. The molecular formula is C15H22F3N3O2S. The molecule has 5 nitrogen and oxygen atoms in total. The standard InChI is InChI=1S/C15H22F3N3O2S/c1-20(2)24(22,23)19-14-6-8-21(9-7-14)11-12-4-3-5-13(10-12)15(16,17)18/h3-5,10,14,19H,6-9,11H2,1-2H3. The van der Waals surface area contributed by atoms with Crippen molar-refractivity contribution in [3.63, 3.8) is 0 Å². The van der Waals surface area contributed by atoms with Gasteiger partial charge in [0, 0.05) is 39.8 Å². The minimum absolute atomic E-state index is 0.143. The molecule has 1 N–H and O–H groups in total. The highest BCUT2D eigenvalue weighted by Gasteiger charge is 2.30. The van der Waals surface area contributed by atoms with Gasteiger partial charge in [0.2, 0.25) is 0 Å². The van der Waals surface area contributed by atoms with Crippen LogP contribution in [0, 0.1) is 0 Å². The predicted molar refractivity (Wildman–Crippen MR) is 85.5 cm³/mol.